The first-order chi connectivity index (χ1) is 7.56. The van der Waals surface area contributed by atoms with Gasteiger partial charge >= 0.3 is 0 Å². The molecule has 2 amide bonds. The highest BCUT2D eigenvalue weighted by Crippen LogP contribution is 2.15. The highest BCUT2D eigenvalue weighted by atomic mass is 32.2. The van der Waals surface area contributed by atoms with Gasteiger partial charge in [0.2, 0.25) is 5.91 Å². The van der Waals surface area contributed by atoms with Crippen LogP contribution in [0.3, 0.4) is 0 Å². The van der Waals surface area contributed by atoms with Crippen molar-refractivity contribution in [2.24, 2.45) is 0 Å². The van der Waals surface area contributed by atoms with Gasteiger partial charge in [0, 0.05) is 5.75 Å². The summed E-state index contributed by atoms with van der Waals surface area (Å²) in [6.45, 7) is 1.09. The van der Waals surface area contributed by atoms with Gasteiger partial charge in [-0.1, -0.05) is 18.7 Å². The molecule has 0 spiro atoms. The molecule has 0 aromatic heterocycles. The van der Waals surface area contributed by atoms with E-state index in [4.69, 9.17) is 10.2 Å². The Bertz CT molecular complexity index is 272. The molecule has 1 atom stereocenters. The Hall–Kier alpha value is -0.790. The van der Waals surface area contributed by atoms with Crippen LogP contribution in [0.4, 0.5) is 4.79 Å². The molecule has 0 aromatic rings. The number of aliphatic hydroxyl groups is 2. The lowest BCUT2D eigenvalue weighted by Gasteiger charge is -2.30. The zero-order chi connectivity index (χ0) is 12.2. The monoisotopic (exact) mass is 248 g/mol. The molecule has 1 heterocycles. The quantitative estimate of drug-likeness (QED) is 0.503. The maximum atomic E-state index is 11.7. The van der Waals surface area contributed by atoms with E-state index in [-0.39, 0.29) is 24.4 Å². The molecule has 6 nitrogen and oxygen atoms in total. The predicted octanol–water partition coefficient (Wildman–Crippen LogP) is -0.939. The Labute approximate surface area is 97.8 Å². The lowest BCUT2D eigenvalue weighted by atomic mass is 9.98. The fourth-order valence-corrected chi connectivity index (χ4v) is 2.09. The van der Waals surface area contributed by atoms with E-state index in [9.17, 15) is 9.59 Å². The normalized spacial score (nSPS) is 20.7. The van der Waals surface area contributed by atoms with Gasteiger partial charge in [-0.15, -0.1) is 0 Å². The second-order valence-corrected chi connectivity index (χ2v) is 4.73. The Morgan fingerprint density at radius 2 is 2.25 bits per heavy atom. The summed E-state index contributed by atoms with van der Waals surface area (Å²) in [6.07, 6.45) is 0.416. The van der Waals surface area contributed by atoms with Gasteiger partial charge in [-0.25, -0.2) is 0 Å². The summed E-state index contributed by atoms with van der Waals surface area (Å²) in [6, 6.07) is -0.582. The molecule has 0 aromatic carbocycles. The number of aliphatic hydroxyl groups excluding tert-OH is 2. The average molecular weight is 248 g/mol. The maximum Gasteiger partial charge on any atom is 0.279 e. The van der Waals surface area contributed by atoms with E-state index in [1.165, 1.54) is 0 Å². The van der Waals surface area contributed by atoms with Gasteiger partial charge in [-0.3, -0.25) is 9.59 Å². The van der Waals surface area contributed by atoms with Crippen LogP contribution in [-0.2, 0) is 4.79 Å². The molecule has 1 unspecified atom stereocenters. The van der Waals surface area contributed by atoms with E-state index >= 15 is 0 Å². The van der Waals surface area contributed by atoms with Crippen molar-refractivity contribution in [1.29, 1.82) is 0 Å². The fraction of sp³-hybridized carbons (Fsp3) is 0.778. The molecule has 16 heavy (non-hydrogen) atoms. The molecule has 7 heteroatoms. The van der Waals surface area contributed by atoms with Crippen molar-refractivity contribution in [2.75, 3.05) is 19.0 Å². The number of nitrogens with one attached hydrogen (secondary N) is 2. The predicted molar refractivity (Wildman–Crippen MR) is 60.1 cm³/mol. The summed E-state index contributed by atoms with van der Waals surface area (Å²) < 4.78 is 0. The molecule has 1 saturated heterocycles. The summed E-state index contributed by atoms with van der Waals surface area (Å²) in [7, 11) is 0. The molecule has 1 aliphatic heterocycles. The number of amides is 2. The van der Waals surface area contributed by atoms with Crippen LogP contribution in [0.15, 0.2) is 0 Å². The number of hydrogen-bond donors (Lipinski definition) is 4. The van der Waals surface area contributed by atoms with E-state index < -0.39 is 11.6 Å². The van der Waals surface area contributed by atoms with Crippen molar-refractivity contribution in [3.8, 4) is 0 Å². The standard InChI is InChI=1S/C9H16N2O4S/c1-2-9(4-12,5-13)11-7(14)6-3-16-8(15)10-6/h6,12-13H,2-5H2,1H3,(H,10,15)(H,11,14). The molecule has 0 radical (unpaired) electrons. The van der Waals surface area contributed by atoms with Crippen molar-refractivity contribution in [3.05, 3.63) is 0 Å². The molecule has 92 valence electrons. The molecule has 0 saturated carbocycles. The maximum absolute atomic E-state index is 11.7. The molecule has 1 aliphatic rings. The third-order valence-electron chi connectivity index (χ3n) is 2.66. The average Bonchev–Trinajstić information content (AvgIpc) is 2.73. The molecule has 1 fully saturated rings. The van der Waals surface area contributed by atoms with Crippen LogP contribution in [0.1, 0.15) is 13.3 Å². The van der Waals surface area contributed by atoms with Gasteiger partial charge in [0.25, 0.3) is 5.24 Å². The number of carbonyl (C=O) groups is 2. The first-order valence-electron chi connectivity index (χ1n) is 5.04. The number of hydrogen-bond acceptors (Lipinski definition) is 5. The first-order valence-corrected chi connectivity index (χ1v) is 6.02. The lowest BCUT2D eigenvalue weighted by molar-refractivity contribution is -0.125. The third kappa shape index (κ3) is 2.87. The van der Waals surface area contributed by atoms with Crippen molar-refractivity contribution in [3.63, 3.8) is 0 Å². The molecule has 0 bridgehead atoms. The third-order valence-corrected chi connectivity index (χ3v) is 3.54. The Morgan fingerprint density at radius 1 is 1.62 bits per heavy atom. The molecular weight excluding hydrogens is 232 g/mol. The van der Waals surface area contributed by atoms with Crippen LogP contribution >= 0.6 is 11.8 Å². The first kappa shape index (κ1) is 13.3. The largest absolute Gasteiger partial charge is 0.394 e. The van der Waals surface area contributed by atoms with Crippen molar-refractivity contribution in [2.45, 2.75) is 24.9 Å². The zero-order valence-electron chi connectivity index (χ0n) is 9.02. The highest BCUT2D eigenvalue weighted by molar-refractivity contribution is 8.14. The van der Waals surface area contributed by atoms with Crippen molar-refractivity contribution < 1.29 is 19.8 Å². The van der Waals surface area contributed by atoms with Gasteiger partial charge in [0.1, 0.15) is 6.04 Å². The van der Waals surface area contributed by atoms with Crippen molar-refractivity contribution >= 4 is 22.9 Å². The summed E-state index contributed by atoms with van der Waals surface area (Å²) in [4.78, 5) is 22.6. The Balaban J connectivity index is 2.58. The van der Waals surface area contributed by atoms with E-state index in [1.807, 2.05) is 0 Å². The molecule has 4 N–H and O–H groups in total. The van der Waals surface area contributed by atoms with Gasteiger partial charge in [-0.05, 0) is 6.42 Å². The zero-order valence-corrected chi connectivity index (χ0v) is 9.84. The van der Waals surface area contributed by atoms with Crippen LogP contribution in [-0.4, -0.2) is 51.9 Å². The van der Waals surface area contributed by atoms with Gasteiger partial charge < -0.3 is 20.8 Å². The fourth-order valence-electron chi connectivity index (χ4n) is 1.32. The van der Waals surface area contributed by atoms with Crippen LogP contribution < -0.4 is 10.6 Å². The van der Waals surface area contributed by atoms with E-state index in [1.54, 1.807) is 6.92 Å². The molecule has 0 aliphatic carbocycles. The van der Waals surface area contributed by atoms with Crippen LogP contribution in [0.25, 0.3) is 0 Å². The number of carbonyl (C=O) groups excluding carboxylic acids is 2. The smallest absolute Gasteiger partial charge is 0.279 e. The van der Waals surface area contributed by atoms with E-state index in [0.29, 0.717) is 12.2 Å². The van der Waals surface area contributed by atoms with Crippen LogP contribution in [0, 0.1) is 0 Å². The summed E-state index contributed by atoms with van der Waals surface area (Å²) in [5.41, 5.74) is -1.00. The van der Waals surface area contributed by atoms with Crippen LogP contribution in [0.5, 0.6) is 0 Å². The second-order valence-electron chi connectivity index (χ2n) is 3.73. The second kappa shape index (κ2) is 5.51. The van der Waals surface area contributed by atoms with Crippen LogP contribution in [0.2, 0.25) is 0 Å². The summed E-state index contributed by atoms with van der Waals surface area (Å²) in [5.74, 6) is 0.00436. The number of rotatable bonds is 5. The summed E-state index contributed by atoms with van der Waals surface area (Å²) >= 11 is 1.05. The SMILES string of the molecule is CCC(CO)(CO)NC(=O)C1CSC(=O)N1. The van der Waals surface area contributed by atoms with Gasteiger partial charge in [-0.2, -0.15) is 0 Å². The van der Waals surface area contributed by atoms with E-state index in [0.717, 1.165) is 11.8 Å². The lowest BCUT2D eigenvalue weighted by Crippen LogP contribution is -2.58. The van der Waals surface area contributed by atoms with Crippen molar-refractivity contribution in [1.82, 2.24) is 10.6 Å². The van der Waals surface area contributed by atoms with Gasteiger partial charge in [0.05, 0.1) is 18.8 Å². The molecular formula is C9H16N2O4S. The minimum absolute atomic E-state index is 0.227. The topological polar surface area (TPSA) is 98.7 Å². The highest BCUT2D eigenvalue weighted by Gasteiger charge is 2.34. The number of thioether (sulfide) groups is 1. The summed E-state index contributed by atoms with van der Waals surface area (Å²) in [5, 5.41) is 23.2. The Kier molecular flexibility index (Phi) is 4.57. The Morgan fingerprint density at radius 3 is 2.62 bits per heavy atom. The minimum Gasteiger partial charge on any atom is -0.394 e. The van der Waals surface area contributed by atoms with Gasteiger partial charge in [0.15, 0.2) is 0 Å². The molecule has 1 rings (SSSR count). The minimum atomic E-state index is -1.00. The van der Waals surface area contributed by atoms with E-state index in [2.05, 4.69) is 10.6 Å².